The number of amides is 2. The molecule has 3 aromatic rings. The predicted octanol–water partition coefficient (Wildman–Crippen LogP) is 4.72. The van der Waals surface area contributed by atoms with Gasteiger partial charge in [-0.05, 0) is 67.1 Å². The summed E-state index contributed by atoms with van der Waals surface area (Å²) in [5, 5.41) is 5.13. The Hall–Kier alpha value is -3.32. The second-order valence-electron chi connectivity index (χ2n) is 7.72. The zero-order valence-corrected chi connectivity index (χ0v) is 17.9. The molecule has 5 rings (SSSR count). The van der Waals surface area contributed by atoms with E-state index in [1.807, 2.05) is 29.6 Å². The maximum absolute atomic E-state index is 13.2. The molecule has 31 heavy (non-hydrogen) atoms. The van der Waals surface area contributed by atoms with Gasteiger partial charge in [-0.25, -0.2) is 0 Å². The van der Waals surface area contributed by atoms with E-state index < -0.39 is 0 Å². The number of anilines is 2. The number of benzene rings is 1. The molecule has 158 valence electrons. The van der Waals surface area contributed by atoms with E-state index in [2.05, 4.69) is 22.3 Å². The zero-order valence-electron chi connectivity index (χ0n) is 17.0. The molecule has 7 heteroatoms. The third-order valence-corrected chi connectivity index (χ3v) is 6.57. The number of hydrogen-bond acceptors (Lipinski definition) is 6. The fraction of sp³-hybridized carbons (Fsp3) is 0.250. The Morgan fingerprint density at radius 1 is 0.935 bits per heavy atom. The van der Waals surface area contributed by atoms with Gasteiger partial charge in [0.2, 0.25) is 0 Å². The molecule has 1 saturated heterocycles. The highest BCUT2D eigenvalue weighted by atomic mass is 32.1. The van der Waals surface area contributed by atoms with Gasteiger partial charge in [0, 0.05) is 29.3 Å². The molecule has 6 nitrogen and oxygen atoms in total. The minimum absolute atomic E-state index is 0.110. The summed E-state index contributed by atoms with van der Waals surface area (Å²) < 4.78 is 5.36. The third-order valence-electron chi connectivity index (χ3n) is 5.69. The van der Waals surface area contributed by atoms with Crippen molar-refractivity contribution in [1.82, 2.24) is 4.90 Å². The number of rotatable bonds is 6. The molecule has 1 fully saturated rings. The van der Waals surface area contributed by atoms with Crippen molar-refractivity contribution in [3.05, 3.63) is 76.5 Å². The molecule has 1 aromatic carbocycles. The van der Waals surface area contributed by atoms with Crippen molar-refractivity contribution in [1.29, 1.82) is 0 Å². The largest absolute Gasteiger partial charge is 0.467 e. The summed E-state index contributed by atoms with van der Waals surface area (Å²) in [5.41, 5.74) is 2.69. The minimum atomic E-state index is -0.343. The Morgan fingerprint density at radius 3 is 2.42 bits per heavy atom. The number of nitrogens with one attached hydrogen (secondary N) is 1. The van der Waals surface area contributed by atoms with Gasteiger partial charge in [-0.1, -0.05) is 6.07 Å². The topological polar surface area (TPSA) is 65.8 Å². The number of furan rings is 1. The number of imide groups is 1. The summed E-state index contributed by atoms with van der Waals surface area (Å²) in [7, 11) is 0. The fourth-order valence-electron chi connectivity index (χ4n) is 4.10. The molecule has 0 aliphatic carbocycles. The van der Waals surface area contributed by atoms with Crippen LogP contribution in [0.3, 0.4) is 0 Å². The molecular formula is C24H23N3O3S. The van der Waals surface area contributed by atoms with E-state index in [1.165, 1.54) is 47.4 Å². The number of thiophene rings is 1. The van der Waals surface area contributed by atoms with E-state index in [0.717, 1.165) is 23.7 Å². The molecule has 0 bridgehead atoms. The molecule has 2 aromatic heterocycles. The van der Waals surface area contributed by atoms with Crippen LogP contribution in [0.5, 0.6) is 0 Å². The average Bonchev–Trinajstić information content (AvgIpc) is 3.55. The van der Waals surface area contributed by atoms with Crippen molar-refractivity contribution in [2.75, 3.05) is 23.3 Å². The first-order valence-corrected chi connectivity index (χ1v) is 11.4. The number of piperidine rings is 1. The first-order chi connectivity index (χ1) is 15.2. The summed E-state index contributed by atoms with van der Waals surface area (Å²) in [5.74, 6) is -0.0828. The maximum Gasteiger partial charge on any atom is 0.278 e. The molecule has 1 N–H and O–H groups in total. The summed E-state index contributed by atoms with van der Waals surface area (Å²) in [4.78, 5) is 30.8. The predicted molar refractivity (Wildman–Crippen MR) is 122 cm³/mol. The number of hydrogen-bond donors (Lipinski definition) is 1. The summed E-state index contributed by atoms with van der Waals surface area (Å²) >= 11 is 1.44. The molecule has 0 atom stereocenters. The molecule has 0 saturated carbocycles. The lowest BCUT2D eigenvalue weighted by Gasteiger charge is -2.28. The van der Waals surface area contributed by atoms with Crippen molar-refractivity contribution >= 4 is 40.1 Å². The standard InChI is InChI=1S/C24H23N3O3S/c28-23-21(20-7-5-15-31-20)22(24(29)27(23)16-19-6-4-14-30-19)25-17-8-10-18(11-9-17)26-12-2-1-3-13-26/h4-11,14-15,25H,1-3,12-13,16H2. The van der Waals surface area contributed by atoms with Gasteiger partial charge in [0.1, 0.15) is 11.5 Å². The third kappa shape index (κ3) is 3.88. The number of nitrogens with zero attached hydrogens (tertiary/aromatic N) is 2. The van der Waals surface area contributed by atoms with Crippen LogP contribution < -0.4 is 10.2 Å². The molecule has 0 unspecified atom stereocenters. The molecule has 4 heterocycles. The monoisotopic (exact) mass is 433 g/mol. The molecule has 2 amide bonds. The maximum atomic E-state index is 13.2. The van der Waals surface area contributed by atoms with Crippen molar-refractivity contribution in [3.63, 3.8) is 0 Å². The van der Waals surface area contributed by atoms with Crippen molar-refractivity contribution in [2.24, 2.45) is 0 Å². The number of carbonyl (C=O) groups excluding carboxylic acids is 2. The highest BCUT2D eigenvalue weighted by Crippen LogP contribution is 2.34. The van der Waals surface area contributed by atoms with Crippen molar-refractivity contribution < 1.29 is 14.0 Å². The van der Waals surface area contributed by atoms with Crippen LogP contribution in [0.2, 0.25) is 0 Å². The number of carbonyl (C=O) groups is 2. The van der Waals surface area contributed by atoms with Crippen LogP contribution in [0.25, 0.3) is 5.57 Å². The van der Waals surface area contributed by atoms with Crippen molar-refractivity contribution in [2.45, 2.75) is 25.8 Å². The quantitative estimate of drug-likeness (QED) is 0.570. The second kappa shape index (κ2) is 8.43. The Labute approximate surface area is 184 Å². The van der Waals surface area contributed by atoms with Crippen LogP contribution in [-0.2, 0) is 16.1 Å². The molecular weight excluding hydrogens is 410 g/mol. The molecule has 2 aliphatic rings. The first kappa shape index (κ1) is 19.6. The van der Waals surface area contributed by atoms with Gasteiger partial charge >= 0.3 is 0 Å². The molecule has 2 aliphatic heterocycles. The first-order valence-electron chi connectivity index (χ1n) is 10.5. The molecule has 0 spiro atoms. The van der Waals surface area contributed by atoms with Crippen LogP contribution in [0.1, 0.15) is 29.9 Å². The normalized spacial score (nSPS) is 17.0. The highest BCUT2D eigenvalue weighted by Gasteiger charge is 2.40. The Bertz CT molecular complexity index is 1100. The van der Waals surface area contributed by atoms with E-state index in [1.54, 1.807) is 12.1 Å². The van der Waals surface area contributed by atoms with Gasteiger partial charge in [0.05, 0.1) is 18.4 Å². The fourth-order valence-corrected chi connectivity index (χ4v) is 4.86. The lowest BCUT2D eigenvalue weighted by molar-refractivity contribution is -0.137. The van der Waals surface area contributed by atoms with Crippen LogP contribution >= 0.6 is 11.3 Å². The van der Waals surface area contributed by atoms with Crippen LogP contribution in [0, 0.1) is 0 Å². The minimum Gasteiger partial charge on any atom is -0.467 e. The van der Waals surface area contributed by atoms with Crippen LogP contribution in [0.15, 0.2) is 70.3 Å². The Morgan fingerprint density at radius 2 is 1.74 bits per heavy atom. The van der Waals surface area contributed by atoms with E-state index >= 15 is 0 Å². The second-order valence-corrected chi connectivity index (χ2v) is 8.67. The van der Waals surface area contributed by atoms with Gasteiger partial charge in [-0.2, -0.15) is 0 Å². The SMILES string of the molecule is O=C1C(Nc2ccc(N3CCCCC3)cc2)=C(c2cccs2)C(=O)N1Cc1ccco1. The lowest BCUT2D eigenvalue weighted by atomic mass is 10.1. The lowest BCUT2D eigenvalue weighted by Crippen LogP contribution is -2.31. The zero-order chi connectivity index (χ0) is 21.2. The summed E-state index contributed by atoms with van der Waals surface area (Å²) in [6, 6.07) is 15.3. The molecule has 0 radical (unpaired) electrons. The van der Waals surface area contributed by atoms with Crippen molar-refractivity contribution in [3.8, 4) is 0 Å². The van der Waals surface area contributed by atoms with Crippen LogP contribution in [-0.4, -0.2) is 29.8 Å². The van der Waals surface area contributed by atoms with Gasteiger partial charge in [-0.15, -0.1) is 11.3 Å². The van der Waals surface area contributed by atoms with E-state index in [4.69, 9.17) is 4.42 Å². The van der Waals surface area contributed by atoms with Gasteiger partial charge in [-0.3, -0.25) is 14.5 Å². The van der Waals surface area contributed by atoms with E-state index in [9.17, 15) is 9.59 Å². The van der Waals surface area contributed by atoms with E-state index in [0.29, 0.717) is 17.0 Å². The Kier molecular flexibility index (Phi) is 5.34. The Balaban J connectivity index is 1.42. The summed E-state index contributed by atoms with van der Waals surface area (Å²) in [6.45, 7) is 2.27. The van der Waals surface area contributed by atoms with Gasteiger partial charge in [0.25, 0.3) is 11.8 Å². The van der Waals surface area contributed by atoms with E-state index in [-0.39, 0.29) is 18.4 Å². The highest BCUT2D eigenvalue weighted by molar-refractivity contribution is 7.11. The van der Waals surface area contributed by atoms with Gasteiger partial charge in [0.15, 0.2) is 0 Å². The smallest absolute Gasteiger partial charge is 0.278 e. The van der Waals surface area contributed by atoms with Gasteiger partial charge < -0.3 is 14.6 Å². The van der Waals surface area contributed by atoms with Crippen LogP contribution in [0.4, 0.5) is 11.4 Å². The average molecular weight is 434 g/mol. The summed E-state index contributed by atoms with van der Waals surface area (Å²) in [6.07, 6.45) is 5.27.